The largest absolute Gasteiger partial charge is 0.444 e. The summed E-state index contributed by atoms with van der Waals surface area (Å²) in [6.45, 7) is 9.37. The van der Waals surface area contributed by atoms with E-state index in [0.717, 1.165) is 26.3 Å². The van der Waals surface area contributed by atoms with Crippen LogP contribution >= 0.6 is 22.6 Å². The maximum Gasteiger partial charge on any atom is 0.410 e. The number of carbonyl (C=O) groups is 1. The van der Waals surface area contributed by atoms with Gasteiger partial charge in [-0.05, 0) is 62.4 Å². The van der Waals surface area contributed by atoms with Gasteiger partial charge in [0, 0.05) is 12.2 Å². The fourth-order valence-electron chi connectivity index (χ4n) is 2.61. The summed E-state index contributed by atoms with van der Waals surface area (Å²) in [5, 5.41) is 4.70. The highest BCUT2D eigenvalue weighted by molar-refractivity contribution is 14.1. The molecule has 0 atom stereocenters. The fraction of sp³-hybridized carbons (Fsp3) is 0.471. The van der Waals surface area contributed by atoms with Gasteiger partial charge in [-0.15, -0.1) is 0 Å². The van der Waals surface area contributed by atoms with Crippen LogP contribution in [0.5, 0.6) is 0 Å². The number of fused-ring (bicyclic) bond motifs is 1. The number of ether oxygens (including phenoxy) is 1. The molecule has 1 amide bonds. The molecular formula is C17H21IN4O2. The average Bonchev–Trinajstić information content (AvgIpc) is 2.82. The van der Waals surface area contributed by atoms with Crippen molar-refractivity contribution in [2.45, 2.75) is 46.4 Å². The zero-order valence-corrected chi connectivity index (χ0v) is 16.5. The lowest BCUT2D eigenvalue weighted by Gasteiger charge is -2.30. The minimum atomic E-state index is -0.488. The van der Waals surface area contributed by atoms with Crippen LogP contribution in [0.4, 0.5) is 4.79 Å². The molecule has 6 nitrogen and oxygen atoms in total. The number of amides is 1. The molecule has 24 heavy (non-hydrogen) atoms. The summed E-state index contributed by atoms with van der Waals surface area (Å²) in [5.41, 5.74) is 3.25. The van der Waals surface area contributed by atoms with Crippen LogP contribution in [0.1, 0.15) is 32.2 Å². The first kappa shape index (κ1) is 17.2. The van der Waals surface area contributed by atoms with E-state index in [0.29, 0.717) is 19.6 Å². The Morgan fingerprint density at radius 1 is 1.29 bits per heavy atom. The van der Waals surface area contributed by atoms with E-state index >= 15 is 0 Å². The molecule has 1 aliphatic rings. The van der Waals surface area contributed by atoms with Crippen molar-refractivity contribution in [1.29, 1.82) is 0 Å². The predicted molar refractivity (Wildman–Crippen MR) is 99.6 cm³/mol. The van der Waals surface area contributed by atoms with Gasteiger partial charge in [0.2, 0.25) is 0 Å². The Hall–Kier alpha value is -1.64. The molecule has 3 heterocycles. The van der Waals surface area contributed by atoms with Gasteiger partial charge < -0.3 is 9.64 Å². The Morgan fingerprint density at radius 3 is 2.71 bits per heavy atom. The first-order valence-corrected chi connectivity index (χ1v) is 8.99. The summed E-state index contributed by atoms with van der Waals surface area (Å²) in [6.07, 6.45) is -0.277. The molecule has 1 aliphatic heterocycles. The SMILES string of the molecule is Cc1cccc(-c2nn3c(c2I)CN(C(=O)OC(C)(C)C)CC3)n1. The Balaban J connectivity index is 1.86. The second kappa shape index (κ2) is 6.34. The normalized spacial score (nSPS) is 14.5. The number of hydrogen-bond acceptors (Lipinski definition) is 4. The monoisotopic (exact) mass is 440 g/mol. The van der Waals surface area contributed by atoms with Crippen molar-refractivity contribution in [1.82, 2.24) is 19.7 Å². The molecule has 0 unspecified atom stereocenters. The van der Waals surface area contributed by atoms with Crippen LogP contribution < -0.4 is 0 Å². The van der Waals surface area contributed by atoms with Gasteiger partial charge in [-0.1, -0.05) is 6.07 Å². The van der Waals surface area contributed by atoms with E-state index in [4.69, 9.17) is 9.84 Å². The first-order chi connectivity index (χ1) is 11.2. The number of halogens is 1. The van der Waals surface area contributed by atoms with Crippen LogP contribution in [0.2, 0.25) is 0 Å². The molecule has 2 aromatic rings. The molecule has 0 fully saturated rings. The van der Waals surface area contributed by atoms with Crippen molar-refractivity contribution in [2.24, 2.45) is 0 Å². The van der Waals surface area contributed by atoms with Gasteiger partial charge in [0.25, 0.3) is 0 Å². The van der Waals surface area contributed by atoms with Gasteiger partial charge in [0.15, 0.2) is 0 Å². The predicted octanol–water partition coefficient (Wildman–Crippen LogP) is 3.61. The summed E-state index contributed by atoms with van der Waals surface area (Å²) in [7, 11) is 0. The third-order valence-corrected chi connectivity index (χ3v) is 4.83. The van der Waals surface area contributed by atoms with E-state index in [-0.39, 0.29) is 6.09 Å². The van der Waals surface area contributed by atoms with Gasteiger partial charge >= 0.3 is 6.09 Å². The Morgan fingerprint density at radius 2 is 2.04 bits per heavy atom. The van der Waals surface area contributed by atoms with Crippen molar-refractivity contribution >= 4 is 28.7 Å². The molecule has 128 valence electrons. The van der Waals surface area contributed by atoms with Crippen LogP contribution in [0.25, 0.3) is 11.4 Å². The first-order valence-electron chi connectivity index (χ1n) is 7.92. The minimum absolute atomic E-state index is 0.277. The lowest BCUT2D eigenvalue weighted by atomic mass is 10.2. The lowest BCUT2D eigenvalue weighted by molar-refractivity contribution is 0.0194. The van der Waals surface area contributed by atoms with Crippen molar-refractivity contribution in [2.75, 3.05) is 6.54 Å². The van der Waals surface area contributed by atoms with Crippen molar-refractivity contribution in [3.05, 3.63) is 33.2 Å². The quantitative estimate of drug-likeness (QED) is 0.636. The smallest absolute Gasteiger partial charge is 0.410 e. The molecule has 0 aliphatic carbocycles. The van der Waals surface area contributed by atoms with Crippen LogP contribution in [0.15, 0.2) is 18.2 Å². The summed E-state index contributed by atoms with van der Waals surface area (Å²) < 4.78 is 8.50. The van der Waals surface area contributed by atoms with E-state index in [1.165, 1.54) is 0 Å². The molecule has 2 aromatic heterocycles. The lowest BCUT2D eigenvalue weighted by Crippen LogP contribution is -2.41. The van der Waals surface area contributed by atoms with Gasteiger partial charge in [-0.2, -0.15) is 5.10 Å². The maximum absolute atomic E-state index is 12.3. The standard InChI is InChI=1S/C17H21IN4O2/c1-11-6-5-7-12(19-11)15-14(18)13-10-21(8-9-22(13)20-15)16(23)24-17(2,3)4/h5-7H,8-10H2,1-4H3. The fourth-order valence-corrected chi connectivity index (χ4v) is 3.44. The molecule has 3 rings (SSSR count). The van der Waals surface area contributed by atoms with Gasteiger partial charge in [0.05, 0.1) is 28.0 Å². The molecule has 0 radical (unpaired) electrons. The van der Waals surface area contributed by atoms with Crippen molar-refractivity contribution < 1.29 is 9.53 Å². The van der Waals surface area contributed by atoms with Crippen molar-refractivity contribution in [3.8, 4) is 11.4 Å². The number of aromatic nitrogens is 3. The third-order valence-electron chi connectivity index (χ3n) is 3.70. The molecule has 0 N–H and O–H groups in total. The van der Waals surface area contributed by atoms with Gasteiger partial charge in [-0.3, -0.25) is 9.67 Å². The molecular weight excluding hydrogens is 419 g/mol. The third kappa shape index (κ3) is 3.55. The average molecular weight is 440 g/mol. The van der Waals surface area contributed by atoms with Gasteiger partial charge in [-0.25, -0.2) is 4.79 Å². The minimum Gasteiger partial charge on any atom is -0.444 e. The molecule has 0 bridgehead atoms. The molecule has 7 heteroatoms. The number of hydrogen-bond donors (Lipinski definition) is 0. The topological polar surface area (TPSA) is 60.2 Å². The van der Waals surface area contributed by atoms with E-state index in [1.54, 1.807) is 4.90 Å². The number of nitrogens with zero attached hydrogens (tertiary/aromatic N) is 4. The Bertz CT molecular complexity index is 779. The Labute approximate surface area is 155 Å². The highest BCUT2D eigenvalue weighted by Gasteiger charge is 2.29. The van der Waals surface area contributed by atoms with Crippen molar-refractivity contribution in [3.63, 3.8) is 0 Å². The molecule has 0 saturated heterocycles. The summed E-state index contributed by atoms with van der Waals surface area (Å²) in [5.74, 6) is 0. The number of carbonyl (C=O) groups excluding carboxylic acids is 1. The molecule has 0 saturated carbocycles. The summed E-state index contributed by atoms with van der Waals surface area (Å²) >= 11 is 2.29. The number of pyridine rings is 1. The zero-order valence-electron chi connectivity index (χ0n) is 14.3. The van der Waals surface area contributed by atoms with Crippen LogP contribution in [0.3, 0.4) is 0 Å². The van der Waals surface area contributed by atoms with E-state index < -0.39 is 5.60 Å². The molecule has 0 spiro atoms. The Kier molecular flexibility index (Phi) is 4.54. The second-order valence-corrected chi connectivity index (χ2v) is 7.98. The number of aryl methyl sites for hydroxylation is 1. The van der Waals surface area contributed by atoms with Crippen LogP contribution in [-0.2, 0) is 17.8 Å². The van der Waals surface area contributed by atoms with Gasteiger partial charge in [0.1, 0.15) is 11.3 Å². The zero-order chi connectivity index (χ0) is 17.5. The highest BCUT2D eigenvalue weighted by atomic mass is 127. The second-order valence-electron chi connectivity index (χ2n) is 6.90. The maximum atomic E-state index is 12.3. The number of rotatable bonds is 1. The highest BCUT2D eigenvalue weighted by Crippen LogP contribution is 2.29. The van der Waals surface area contributed by atoms with E-state index in [1.807, 2.05) is 50.6 Å². The summed E-state index contributed by atoms with van der Waals surface area (Å²) in [4.78, 5) is 18.6. The van der Waals surface area contributed by atoms with Crippen LogP contribution in [-0.4, -0.2) is 37.9 Å². The molecule has 0 aromatic carbocycles. The summed E-state index contributed by atoms with van der Waals surface area (Å²) in [6, 6.07) is 5.92. The van der Waals surface area contributed by atoms with Crippen LogP contribution in [0, 0.1) is 10.5 Å². The van der Waals surface area contributed by atoms with E-state index in [2.05, 4.69) is 27.6 Å². The van der Waals surface area contributed by atoms with E-state index in [9.17, 15) is 4.79 Å².